The number of phenolic OH excluding ortho intramolecular Hbond substituents is 2. The van der Waals surface area contributed by atoms with E-state index in [4.69, 9.17) is 17.4 Å². The van der Waals surface area contributed by atoms with Gasteiger partial charge in [-0.25, -0.2) is 0 Å². The summed E-state index contributed by atoms with van der Waals surface area (Å²) in [6.45, 7) is 6.22. The van der Waals surface area contributed by atoms with E-state index in [1.54, 1.807) is 18.2 Å². The Labute approximate surface area is 232 Å². The van der Waals surface area contributed by atoms with Gasteiger partial charge < -0.3 is 0 Å². The Balaban J connectivity index is 0.00000289. The number of aryl methyl sites for hydroxylation is 1. The molecular weight excluding hydrogens is 446 g/mol. The number of H-pyrrole nitrogens is 1. The molecule has 2 aromatic carbocycles. The van der Waals surface area contributed by atoms with Gasteiger partial charge in [-0.3, -0.25) is 0 Å². The number of fused-ring (bicyclic) bond motifs is 1. The fourth-order valence-corrected chi connectivity index (χ4v) is 5.20. The summed E-state index contributed by atoms with van der Waals surface area (Å²) < 4.78 is 4.87. The molecule has 4 rings (SSSR count). The number of ether oxygens (including phenoxy) is 1. The number of nitrogens with zero attached hydrogens (tertiary/aromatic N) is 3. The maximum absolute atomic E-state index is 10.7. The van der Waals surface area contributed by atoms with Crippen molar-refractivity contribution < 1.29 is 44.5 Å². The molecule has 7 nitrogen and oxygen atoms in total. The Kier molecular flexibility index (Phi) is 7.77. The summed E-state index contributed by atoms with van der Waals surface area (Å²) in [5.74, 6) is 1.08. The smallest absolute Gasteiger partial charge is 1.00 e. The predicted octanol–water partition coefficient (Wildman–Crippen LogP) is 1.65. The Hall–Kier alpha value is -1.000. The molecule has 0 spiro atoms. The quantitative estimate of drug-likeness (QED) is 0.337. The van der Waals surface area contributed by atoms with E-state index in [0.29, 0.717) is 51.0 Å². The van der Waals surface area contributed by atoms with Crippen molar-refractivity contribution in [1.82, 2.24) is 4.98 Å². The van der Waals surface area contributed by atoms with Crippen LogP contribution in [-0.2, 0) is 9.21 Å². The molecule has 3 aromatic rings. The van der Waals surface area contributed by atoms with Gasteiger partial charge >= 0.3 is 235 Å². The van der Waals surface area contributed by atoms with Crippen molar-refractivity contribution >= 4 is 62.2 Å². The molecule has 1 unspecified atom stereocenters. The molecule has 0 aliphatic carbocycles. The summed E-state index contributed by atoms with van der Waals surface area (Å²) in [4.78, 5) is 3.50. The van der Waals surface area contributed by atoms with E-state index in [1.807, 2.05) is 19.1 Å². The van der Waals surface area contributed by atoms with Gasteiger partial charge in [-0.05, 0) is 0 Å². The van der Waals surface area contributed by atoms with Crippen molar-refractivity contribution in [3.8, 4) is 17.2 Å². The van der Waals surface area contributed by atoms with Crippen molar-refractivity contribution in [3.63, 3.8) is 0 Å². The first-order valence-electron chi connectivity index (χ1n) is 10.3. The van der Waals surface area contributed by atoms with Crippen LogP contribution in [0.25, 0.3) is 16.4 Å². The molecule has 32 heavy (non-hydrogen) atoms. The number of hydrogen-bond donors (Lipinski definition) is 4. The second kappa shape index (κ2) is 9.70. The molecule has 0 saturated carbocycles. The minimum atomic E-state index is -0.733. The minimum absolute atomic E-state index is 0. The minimum Gasteiger partial charge on any atom is 1.00 e. The van der Waals surface area contributed by atoms with Crippen molar-refractivity contribution in [3.05, 3.63) is 52.7 Å². The van der Waals surface area contributed by atoms with Crippen LogP contribution in [0, 0.1) is 0 Å². The molecule has 0 bridgehead atoms. The molecule has 158 valence electrons. The van der Waals surface area contributed by atoms with Crippen molar-refractivity contribution in [1.29, 1.82) is 0 Å². The largest absolute Gasteiger partial charge is 1.00 e. The number of aromatic amines is 1. The zero-order chi connectivity index (χ0) is 22.5. The van der Waals surface area contributed by atoms with Gasteiger partial charge in [0.15, 0.2) is 0 Å². The third kappa shape index (κ3) is 4.04. The number of aromatic nitrogens is 1. The van der Waals surface area contributed by atoms with Crippen LogP contribution in [0.1, 0.15) is 43.5 Å². The number of hydrogen-bond acceptors (Lipinski definition) is 5. The third-order valence-electron chi connectivity index (χ3n) is 6.02. The third-order valence-corrected chi connectivity index (χ3v) is 8.40. The van der Waals surface area contributed by atoms with E-state index in [0.717, 1.165) is 33.5 Å². The van der Waals surface area contributed by atoms with Crippen molar-refractivity contribution in [2.75, 3.05) is 12.1 Å². The first kappa shape index (κ1) is 25.6. The molecule has 1 aliphatic rings. The summed E-state index contributed by atoms with van der Waals surface area (Å²) in [5, 5.41) is 28.4. The van der Waals surface area contributed by atoms with Gasteiger partial charge in [-0.15, -0.1) is 0 Å². The van der Waals surface area contributed by atoms with Gasteiger partial charge in [0, 0.05) is 0 Å². The molecular formula is C22H24N4Na2O3S. The van der Waals surface area contributed by atoms with E-state index in [1.165, 1.54) is 6.07 Å². The number of methoxy groups -OCH3 is 1. The van der Waals surface area contributed by atoms with Crippen LogP contribution in [0.4, 0.5) is 5.69 Å². The number of thiol groups is 1. The maximum Gasteiger partial charge on any atom is 1.00 e. The summed E-state index contributed by atoms with van der Waals surface area (Å²) in [7, 11) is 1.66. The molecule has 0 amide bonds. The molecule has 2 heterocycles. The summed E-state index contributed by atoms with van der Waals surface area (Å²) in [6.07, 6.45) is 0.623. The van der Waals surface area contributed by atoms with Gasteiger partial charge in [-0.1, -0.05) is 0 Å². The predicted molar refractivity (Wildman–Crippen MR) is 128 cm³/mol. The standard InChI is InChI=1S/C22H24N4O3S.2Na/c1-5-12-8-16(18(28)10-17(12)27)26-21(22(30)24-25-26)13-6-7-19(29-4)20-14(13)9-15(23-20)11(2)3;;/h6-11,23,27-28H,5H2,1-4H3,(H,24,30);;/q-1;;+1. The second-order valence-electron chi connectivity index (χ2n) is 8.20. The Morgan fingerprint density at radius 3 is 2.59 bits per heavy atom. The van der Waals surface area contributed by atoms with Crippen LogP contribution in [0.2, 0.25) is 0 Å². The molecule has 3 N–H and O–H groups in total. The molecule has 1 aromatic heterocycles. The number of phenols is 2. The normalized spacial score (nSPS) is 18.0. The van der Waals surface area contributed by atoms with Gasteiger partial charge in [0.2, 0.25) is 0 Å². The topological polar surface area (TPSA) is 95.2 Å². The molecule has 1 aliphatic heterocycles. The summed E-state index contributed by atoms with van der Waals surface area (Å²) >= 11 is 5.28. The first-order chi connectivity index (χ1) is 14.7. The zero-order valence-electron chi connectivity index (χ0n) is 19.3. The molecule has 0 saturated heterocycles. The molecule has 10 heteroatoms. The van der Waals surface area contributed by atoms with E-state index in [-0.39, 0.29) is 41.1 Å². The number of nitrogens with one attached hydrogen (secondary N) is 1. The van der Waals surface area contributed by atoms with Gasteiger partial charge in [-0.2, -0.15) is 0 Å². The Bertz CT molecular complexity index is 1200. The number of anilines is 1. The van der Waals surface area contributed by atoms with Gasteiger partial charge in [0.1, 0.15) is 0 Å². The summed E-state index contributed by atoms with van der Waals surface area (Å²) in [5.41, 5.74) is 8.58. The number of benzene rings is 2. The monoisotopic (exact) mass is 470 g/mol. The average molecular weight is 471 g/mol. The van der Waals surface area contributed by atoms with Crippen LogP contribution in [0.3, 0.4) is 0 Å². The molecule has 1 atom stereocenters. The van der Waals surface area contributed by atoms with Crippen molar-refractivity contribution in [2.45, 2.75) is 35.9 Å². The van der Waals surface area contributed by atoms with E-state index in [9.17, 15) is 10.2 Å². The Morgan fingerprint density at radius 2 is 1.97 bits per heavy atom. The fraction of sp³-hybridized carbons (Fsp3) is 0.318. The molecule has 0 fully saturated rings. The van der Waals surface area contributed by atoms with E-state index >= 15 is 0 Å². The fourth-order valence-electron chi connectivity index (χ4n) is 4.07. The van der Waals surface area contributed by atoms with Gasteiger partial charge in [0.05, 0.1) is 0 Å². The number of aromatic hydroxyl groups is 2. The van der Waals surface area contributed by atoms with Crippen LogP contribution in [0.5, 0.6) is 17.2 Å². The van der Waals surface area contributed by atoms with E-state index < -0.39 is 2.79 Å². The van der Waals surface area contributed by atoms with Crippen LogP contribution in [-0.4, -0.2) is 55.3 Å². The summed E-state index contributed by atoms with van der Waals surface area (Å²) in [6, 6.07) is 9.22. The van der Waals surface area contributed by atoms with E-state index in [2.05, 4.69) is 35.5 Å². The number of rotatable bonds is 5. The zero-order valence-corrected chi connectivity index (χ0v) is 24.2. The van der Waals surface area contributed by atoms with Crippen LogP contribution >= 0.6 is 12.6 Å². The second-order valence-corrected chi connectivity index (χ2v) is 10.1. The van der Waals surface area contributed by atoms with Crippen LogP contribution < -0.4 is 39.3 Å². The maximum atomic E-state index is 10.7. The SMILES string of the molecule is CCc1cc(N2[N-]N=C(S)[C]2([Na])c2ccc(OC)c3[nH]c(C(C)C)cc23)c(O)cc1O.[Na+]. The van der Waals surface area contributed by atoms with Crippen molar-refractivity contribution in [2.24, 2.45) is 5.10 Å². The first-order valence-corrected chi connectivity index (χ1v) is 11.7. The Morgan fingerprint density at radius 1 is 1.25 bits per heavy atom. The molecule has 0 radical (unpaired) electrons. The van der Waals surface area contributed by atoms with Crippen LogP contribution in [0.15, 0.2) is 35.4 Å². The average Bonchev–Trinajstić information content (AvgIpc) is 3.31. The van der Waals surface area contributed by atoms with Gasteiger partial charge in [0.25, 0.3) is 0 Å².